The maximum absolute atomic E-state index is 4.46. The van der Waals surface area contributed by atoms with E-state index in [1.54, 1.807) is 0 Å². The molecule has 2 aromatic heterocycles. The number of fused-ring (bicyclic) bond motifs is 1. The van der Waals surface area contributed by atoms with Crippen molar-refractivity contribution in [3.05, 3.63) is 35.8 Å². The minimum Gasteiger partial charge on any atom is -0.312 e. The summed E-state index contributed by atoms with van der Waals surface area (Å²) in [6.07, 6.45) is 4.17. The molecule has 0 aromatic carbocycles. The van der Waals surface area contributed by atoms with Gasteiger partial charge in [0, 0.05) is 38.4 Å². The van der Waals surface area contributed by atoms with Crippen molar-refractivity contribution in [2.24, 2.45) is 0 Å². The Kier molecular flexibility index (Phi) is 3.06. The Morgan fingerprint density at radius 1 is 1.44 bits per heavy atom. The Balaban J connectivity index is 1.83. The number of imidazole rings is 1. The summed E-state index contributed by atoms with van der Waals surface area (Å²) in [7, 11) is 0. The summed E-state index contributed by atoms with van der Waals surface area (Å²) in [5, 5.41) is 3.47. The van der Waals surface area contributed by atoms with Gasteiger partial charge in [-0.3, -0.25) is 4.90 Å². The Bertz CT molecular complexity index is 546. The van der Waals surface area contributed by atoms with Crippen LogP contribution in [-0.4, -0.2) is 40.0 Å². The first kappa shape index (κ1) is 11.7. The zero-order valence-electron chi connectivity index (χ0n) is 11.1. The summed E-state index contributed by atoms with van der Waals surface area (Å²) < 4.78 is 2.21. The van der Waals surface area contributed by atoms with Crippen LogP contribution in [0.25, 0.3) is 5.65 Å². The molecule has 0 spiro atoms. The van der Waals surface area contributed by atoms with Gasteiger partial charge in [-0.2, -0.15) is 0 Å². The lowest BCUT2D eigenvalue weighted by molar-refractivity contribution is 0.197. The van der Waals surface area contributed by atoms with Gasteiger partial charge in [0.25, 0.3) is 0 Å². The average Bonchev–Trinajstić information content (AvgIpc) is 2.72. The lowest BCUT2D eigenvalue weighted by Crippen LogP contribution is -2.48. The summed E-state index contributed by atoms with van der Waals surface area (Å²) >= 11 is 0. The lowest BCUT2D eigenvalue weighted by atomic mass is 10.2. The summed E-state index contributed by atoms with van der Waals surface area (Å²) in [5.41, 5.74) is 3.59. The first-order chi connectivity index (χ1) is 8.72. The smallest absolute Gasteiger partial charge is 0.136 e. The van der Waals surface area contributed by atoms with Crippen molar-refractivity contribution in [3.63, 3.8) is 0 Å². The van der Waals surface area contributed by atoms with E-state index in [4.69, 9.17) is 0 Å². The maximum Gasteiger partial charge on any atom is 0.136 e. The second-order valence-electron chi connectivity index (χ2n) is 5.27. The van der Waals surface area contributed by atoms with Crippen LogP contribution in [0.15, 0.2) is 24.5 Å². The maximum atomic E-state index is 4.46. The topological polar surface area (TPSA) is 32.6 Å². The third-order valence-corrected chi connectivity index (χ3v) is 3.57. The van der Waals surface area contributed by atoms with Crippen molar-refractivity contribution < 1.29 is 0 Å². The van der Waals surface area contributed by atoms with Gasteiger partial charge in [0.15, 0.2) is 0 Å². The van der Waals surface area contributed by atoms with Crippen molar-refractivity contribution >= 4 is 5.65 Å². The van der Waals surface area contributed by atoms with Crippen LogP contribution in [0.3, 0.4) is 0 Å². The number of hydrogen-bond acceptors (Lipinski definition) is 3. The number of aryl methyl sites for hydroxylation is 1. The van der Waals surface area contributed by atoms with Crippen LogP contribution in [0.4, 0.5) is 0 Å². The standard InChI is InChI=1S/C14H20N4/c1-11-3-4-14-16-7-13(18(14)8-11)10-17-6-5-15-12(2)9-17/h3-4,7-8,12,15H,5-6,9-10H2,1-2H3. The van der Waals surface area contributed by atoms with E-state index in [-0.39, 0.29) is 0 Å². The average molecular weight is 244 g/mol. The molecule has 0 aliphatic carbocycles. The van der Waals surface area contributed by atoms with Crippen LogP contribution < -0.4 is 5.32 Å². The van der Waals surface area contributed by atoms with Crippen LogP contribution in [0.1, 0.15) is 18.2 Å². The fourth-order valence-electron chi connectivity index (χ4n) is 2.64. The van der Waals surface area contributed by atoms with E-state index in [2.05, 4.69) is 51.8 Å². The fraction of sp³-hybridized carbons (Fsp3) is 0.500. The SMILES string of the molecule is Cc1ccc2ncc(CN3CCNC(C)C3)n2c1. The molecular weight excluding hydrogens is 224 g/mol. The highest BCUT2D eigenvalue weighted by Crippen LogP contribution is 2.12. The molecule has 1 fully saturated rings. The van der Waals surface area contributed by atoms with Crippen molar-refractivity contribution in [2.45, 2.75) is 26.4 Å². The van der Waals surface area contributed by atoms with E-state index < -0.39 is 0 Å². The monoisotopic (exact) mass is 244 g/mol. The molecule has 4 heteroatoms. The molecule has 1 saturated heterocycles. The Morgan fingerprint density at radius 3 is 3.17 bits per heavy atom. The largest absolute Gasteiger partial charge is 0.312 e. The fourth-order valence-corrected chi connectivity index (χ4v) is 2.64. The van der Waals surface area contributed by atoms with Crippen LogP contribution in [0.5, 0.6) is 0 Å². The highest BCUT2D eigenvalue weighted by Gasteiger charge is 2.16. The Labute approximate surface area is 108 Å². The summed E-state index contributed by atoms with van der Waals surface area (Å²) in [6, 6.07) is 4.78. The summed E-state index contributed by atoms with van der Waals surface area (Å²) in [5.74, 6) is 0. The van der Waals surface area contributed by atoms with Gasteiger partial charge in [-0.05, 0) is 25.5 Å². The first-order valence-electron chi connectivity index (χ1n) is 6.61. The highest BCUT2D eigenvalue weighted by molar-refractivity contribution is 5.41. The van der Waals surface area contributed by atoms with E-state index in [1.165, 1.54) is 11.3 Å². The molecule has 18 heavy (non-hydrogen) atoms. The minimum atomic E-state index is 0.583. The van der Waals surface area contributed by atoms with E-state index in [1.807, 2.05) is 6.20 Å². The number of rotatable bonds is 2. The zero-order chi connectivity index (χ0) is 12.5. The molecule has 1 N–H and O–H groups in total. The molecule has 1 unspecified atom stereocenters. The van der Waals surface area contributed by atoms with Crippen LogP contribution >= 0.6 is 0 Å². The quantitative estimate of drug-likeness (QED) is 0.867. The molecule has 1 atom stereocenters. The van der Waals surface area contributed by atoms with Gasteiger partial charge >= 0.3 is 0 Å². The molecule has 1 aliphatic rings. The van der Waals surface area contributed by atoms with Crippen molar-refractivity contribution in [1.82, 2.24) is 19.6 Å². The van der Waals surface area contributed by atoms with Crippen LogP contribution in [-0.2, 0) is 6.54 Å². The normalized spacial score (nSPS) is 21.6. The number of piperazine rings is 1. The van der Waals surface area contributed by atoms with E-state index in [0.717, 1.165) is 31.8 Å². The van der Waals surface area contributed by atoms with Gasteiger partial charge in [-0.15, -0.1) is 0 Å². The second kappa shape index (κ2) is 4.71. The minimum absolute atomic E-state index is 0.583. The van der Waals surface area contributed by atoms with Crippen molar-refractivity contribution in [2.75, 3.05) is 19.6 Å². The zero-order valence-corrected chi connectivity index (χ0v) is 11.1. The Hall–Kier alpha value is -1.39. The first-order valence-corrected chi connectivity index (χ1v) is 6.61. The van der Waals surface area contributed by atoms with Gasteiger partial charge in [0.05, 0.1) is 11.9 Å². The number of nitrogens with one attached hydrogen (secondary N) is 1. The molecule has 96 valence electrons. The van der Waals surface area contributed by atoms with Gasteiger partial charge in [-0.1, -0.05) is 6.07 Å². The van der Waals surface area contributed by atoms with E-state index >= 15 is 0 Å². The predicted molar refractivity (Wildman–Crippen MR) is 72.7 cm³/mol. The van der Waals surface area contributed by atoms with E-state index in [0.29, 0.717) is 6.04 Å². The van der Waals surface area contributed by atoms with E-state index in [9.17, 15) is 0 Å². The molecule has 0 amide bonds. The van der Waals surface area contributed by atoms with Gasteiger partial charge in [0.2, 0.25) is 0 Å². The van der Waals surface area contributed by atoms with Gasteiger partial charge in [-0.25, -0.2) is 4.98 Å². The number of hydrogen-bond donors (Lipinski definition) is 1. The number of aromatic nitrogens is 2. The summed E-state index contributed by atoms with van der Waals surface area (Å²) in [6.45, 7) is 8.65. The Morgan fingerprint density at radius 2 is 2.33 bits per heavy atom. The number of nitrogens with zero attached hydrogens (tertiary/aromatic N) is 3. The van der Waals surface area contributed by atoms with Crippen molar-refractivity contribution in [3.8, 4) is 0 Å². The molecule has 2 aromatic rings. The van der Waals surface area contributed by atoms with Crippen LogP contribution in [0, 0.1) is 6.92 Å². The molecule has 1 aliphatic heterocycles. The van der Waals surface area contributed by atoms with Gasteiger partial charge in [0.1, 0.15) is 5.65 Å². The molecule has 0 radical (unpaired) electrons. The van der Waals surface area contributed by atoms with Crippen molar-refractivity contribution in [1.29, 1.82) is 0 Å². The van der Waals surface area contributed by atoms with Gasteiger partial charge < -0.3 is 9.72 Å². The molecule has 3 rings (SSSR count). The predicted octanol–water partition coefficient (Wildman–Crippen LogP) is 1.44. The van der Waals surface area contributed by atoms with Crippen LogP contribution in [0.2, 0.25) is 0 Å². The molecular formula is C14H20N4. The second-order valence-corrected chi connectivity index (χ2v) is 5.27. The molecule has 0 saturated carbocycles. The third kappa shape index (κ3) is 2.26. The third-order valence-electron chi connectivity index (χ3n) is 3.57. The molecule has 4 nitrogen and oxygen atoms in total. The lowest BCUT2D eigenvalue weighted by Gasteiger charge is -2.31. The number of pyridine rings is 1. The molecule has 3 heterocycles. The summed E-state index contributed by atoms with van der Waals surface area (Å²) in [4.78, 5) is 6.96. The highest BCUT2D eigenvalue weighted by atomic mass is 15.2. The molecule has 0 bridgehead atoms.